The summed E-state index contributed by atoms with van der Waals surface area (Å²) in [6.45, 7) is 4.67. The Hall–Kier alpha value is -1.88. The van der Waals surface area contributed by atoms with Crippen molar-refractivity contribution in [3.8, 4) is 0 Å². The summed E-state index contributed by atoms with van der Waals surface area (Å²) in [6, 6.07) is 8.70. The Balaban J connectivity index is 1.37. The molecule has 2 aliphatic carbocycles. The van der Waals surface area contributed by atoms with Gasteiger partial charge in [-0.25, -0.2) is 0 Å². The molecule has 1 aromatic heterocycles. The Morgan fingerprint density at radius 1 is 1.33 bits per heavy atom. The van der Waals surface area contributed by atoms with Crippen molar-refractivity contribution in [2.24, 2.45) is 11.8 Å². The Labute approximate surface area is 145 Å². The molecule has 4 rings (SSSR count). The second-order valence-electron chi connectivity index (χ2n) is 6.99. The van der Waals surface area contributed by atoms with E-state index >= 15 is 0 Å². The lowest BCUT2D eigenvalue weighted by Gasteiger charge is -2.13. The molecule has 0 saturated heterocycles. The fourth-order valence-corrected chi connectivity index (χ4v) is 5.02. The molecule has 0 unspecified atom stereocenters. The molecular weight excluding hydrogens is 320 g/mol. The zero-order valence-corrected chi connectivity index (χ0v) is 14.9. The SMILES string of the molecule is Cc1sc(=O)n(CC(=O)NC[C@@H]2[C@H]3CCc4ccccc4[C@@H]32)c1C. The average molecular weight is 342 g/mol. The van der Waals surface area contributed by atoms with Gasteiger partial charge in [0.2, 0.25) is 5.91 Å². The highest BCUT2D eigenvalue weighted by molar-refractivity contribution is 7.09. The highest BCUT2D eigenvalue weighted by Gasteiger charge is 2.52. The van der Waals surface area contributed by atoms with E-state index in [2.05, 4.69) is 29.6 Å². The number of rotatable bonds is 4. The number of hydrogen-bond acceptors (Lipinski definition) is 3. The van der Waals surface area contributed by atoms with Crippen LogP contribution in [0.25, 0.3) is 0 Å². The fraction of sp³-hybridized carbons (Fsp3) is 0.474. The molecule has 1 N–H and O–H groups in total. The van der Waals surface area contributed by atoms with E-state index < -0.39 is 0 Å². The van der Waals surface area contributed by atoms with Crippen LogP contribution in [-0.2, 0) is 17.8 Å². The van der Waals surface area contributed by atoms with Crippen LogP contribution in [0, 0.1) is 25.7 Å². The Kier molecular flexibility index (Phi) is 3.83. The first-order chi connectivity index (χ1) is 11.6. The third-order valence-electron chi connectivity index (χ3n) is 5.70. The molecule has 0 bridgehead atoms. The van der Waals surface area contributed by atoms with Crippen molar-refractivity contribution in [3.63, 3.8) is 0 Å². The van der Waals surface area contributed by atoms with Gasteiger partial charge >= 0.3 is 4.87 Å². The predicted molar refractivity (Wildman–Crippen MR) is 95.5 cm³/mol. The monoisotopic (exact) mass is 342 g/mol. The minimum absolute atomic E-state index is 0.0471. The minimum Gasteiger partial charge on any atom is -0.354 e. The molecule has 1 fully saturated rings. The summed E-state index contributed by atoms with van der Waals surface area (Å²) in [5, 5.41) is 3.05. The fourth-order valence-electron chi connectivity index (χ4n) is 4.19. The van der Waals surface area contributed by atoms with Crippen molar-refractivity contribution in [2.75, 3.05) is 6.54 Å². The van der Waals surface area contributed by atoms with Crippen LogP contribution in [0.5, 0.6) is 0 Å². The number of aryl methyl sites for hydroxylation is 2. The minimum atomic E-state index is -0.0602. The van der Waals surface area contributed by atoms with Crippen LogP contribution >= 0.6 is 11.3 Å². The maximum Gasteiger partial charge on any atom is 0.308 e. The maximum atomic E-state index is 12.2. The lowest BCUT2D eigenvalue weighted by molar-refractivity contribution is -0.121. The van der Waals surface area contributed by atoms with E-state index in [1.54, 1.807) is 4.57 Å². The van der Waals surface area contributed by atoms with Gasteiger partial charge in [-0.15, -0.1) is 0 Å². The van der Waals surface area contributed by atoms with Gasteiger partial charge in [0.05, 0.1) is 0 Å². The van der Waals surface area contributed by atoms with E-state index in [-0.39, 0.29) is 17.3 Å². The molecule has 1 heterocycles. The van der Waals surface area contributed by atoms with Gasteiger partial charge in [-0.05, 0) is 55.6 Å². The van der Waals surface area contributed by atoms with Crippen LogP contribution in [0.3, 0.4) is 0 Å². The molecule has 2 aromatic rings. The Morgan fingerprint density at radius 2 is 2.12 bits per heavy atom. The number of carbonyl (C=O) groups excluding carboxylic acids is 1. The van der Waals surface area contributed by atoms with Gasteiger partial charge < -0.3 is 5.32 Å². The molecule has 4 nitrogen and oxygen atoms in total. The quantitative estimate of drug-likeness (QED) is 0.929. The number of aromatic nitrogens is 1. The van der Waals surface area contributed by atoms with Crippen molar-refractivity contribution in [1.29, 1.82) is 0 Å². The van der Waals surface area contributed by atoms with Crippen molar-refractivity contribution < 1.29 is 4.79 Å². The van der Waals surface area contributed by atoms with Crippen LogP contribution < -0.4 is 10.2 Å². The van der Waals surface area contributed by atoms with Crippen LogP contribution in [0.1, 0.15) is 34.0 Å². The number of nitrogens with one attached hydrogen (secondary N) is 1. The third-order valence-corrected chi connectivity index (χ3v) is 6.70. The van der Waals surface area contributed by atoms with Gasteiger partial charge in [-0.3, -0.25) is 14.2 Å². The van der Waals surface area contributed by atoms with Crippen molar-refractivity contribution in [2.45, 2.75) is 39.2 Å². The summed E-state index contributed by atoms with van der Waals surface area (Å²) in [4.78, 5) is 25.1. The number of carbonyl (C=O) groups is 1. The molecule has 0 aliphatic heterocycles. The zero-order chi connectivity index (χ0) is 16.8. The van der Waals surface area contributed by atoms with Crippen LogP contribution in [0.15, 0.2) is 29.1 Å². The van der Waals surface area contributed by atoms with Gasteiger partial charge in [0.15, 0.2) is 0 Å². The topological polar surface area (TPSA) is 51.1 Å². The van der Waals surface area contributed by atoms with Crippen LogP contribution in [0.4, 0.5) is 0 Å². The number of amides is 1. The molecule has 3 atom stereocenters. The maximum absolute atomic E-state index is 12.2. The van der Waals surface area contributed by atoms with Crippen LogP contribution in [0.2, 0.25) is 0 Å². The molecule has 24 heavy (non-hydrogen) atoms. The molecule has 0 radical (unpaired) electrons. The summed E-state index contributed by atoms with van der Waals surface area (Å²) in [5.74, 6) is 1.82. The second-order valence-corrected chi connectivity index (χ2v) is 8.16. The second kappa shape index (κ2) is 5.88. The zero-order valence-electron chi connectivity index (χ0n) is 14.0. The number of hydrogen-bond donors (Lipinski definition) is 1. The smallest absolute Gasteiger partial charge is 0.308 e. The summed E-state index contributed by atoms with van der Waals surface area (Å²) in [5.41, 5.74) is 3.85. The highest BCUT2D eigenvalue weighted by Crippen LogP contribution is 2.59. The number of benzene rings is 1. The van der Waals surface area contributed by atoms with Gasteiger partial charge in [-0.1, -0.05) is 35.6 Å². The van der Waals surface area contributed by atoms with E-state index in [9.17, 15) is 9.59 Å². The standard InChI is InChI=1S/C19H22N2O2S/c1-11-12(2)24-19(23)21(11)10-17(22)20-9-16-15-8-7-13-5-3-4-6-14(13)18(15)16/h3-6,15-16,18H,7-10H2,1-2H3,(H,20,22)/t15-,16-,18+/m1/s1. The van der Waals surface area contributed by atoms with Crippen molar-refractivity contribution >= 4 is 17.2 Å². The molecule has 126 valence electrons. The highest BCUT2D eigenvalue weighted by atomic mass is 32.1. The van der Waals surface area contributed by atoms with E-state index in [4.69, 9.17) is 0 Å². The third kappa shape index (κ3) is 2.61. The Bertz CT molecular complexity index is 851. The van der Waals surface area contributed by atoms with Crippen molar-refractivity contribution in [1.82, 2.24) is 9.88 Å². The largest absolute Gasteiger partial charge is 0.354 e. The normalized spacial score (nSPS) is 24.2. The number of nitrogens with zero attached hydrogens (tertiary/aromatic N) is 1. The summed E-state index contributed by atoms with van der Waals surface area (Å²) >= 11 is 1.21. The first-order valence-corrected chi connectivity index (χ1v) is 9.39. The summed E-state index contributed by atoms with van der Waals surface area (Å²) < 4.78 is 1.57. The predicted octanol–water partition coefficient (Wildman–Crippen LogP) is 2.62. The molecule has 2 aliphatic rings. The number of thiazole rings is 1. The van der Waals surface area contributed by atoms with E-state index in [1.165, 1.54) is 28.9 Å². The van der Waals surface area contributed by atoms with Gasteiger partial charge in [0.1, 0.15) is 6.54 Å². The van der Waals surface area contributed by atoms with Crippen molar-refractivity contribution in [3.05, 3.63) is 55.6 Å². The number of fused-ring (bicyclic) bond motifs is 3. The van der Waals surface area contributed by atoms with E-state index in [0.29, 0.717) is 17.8 Å². The lowest BCUT2D eigenvalue weighted by atomic mass is 9.92. The van der Waals surface area contributed by atoms with Gasteiger partial charge in [0.25, 0.3) is 0 Å². The summed E-state index contributed by atoms with van der Waals surface area (Å²) in [7, 11) is 0. The molecule has 0 spiro atoms. The first kappa shape index (κ1) is 15.6. The first-order valence-electron chi connectivity index (χ1n) is 8.57. The van der Waals surface area contributed by atoms with E-state index in [0.717, 1.165) is 23.5 Å². The molecular formula is C19H22N2O2S. The molecule has 1 aromatic carbocycles. The Morgan fingerprint density at radius 3 is 2.88 bits per heavy atom. The van der Waals surface area contributed by atoms with Gasteiger partial charge in [0, 0.05) is 17.1 Å². The molecule has 1 saturated carbocycles. The molecule has 1 amide bonds. The van der Waals surface area contributed by atoms with Gasteiger partial charge in [-0.2, -0.15) is 0 Å². The van der Waals surface area contributed by atoms with E-state index in [1.807, 2.05) is 13.8 Å². The lowest BCUT2D eigenvalue weighted by Crippen LogP contribution is -2.32. The van der Waals surface area contributed by atoms with Crippen LogP contribution in [-0.4, -0.2) is 17.0 Å². The average Bonchev–Trinajstić information content (AvgIpc) is 3.25. The molecule has 5 heteroatoms. The summed E-state index contributed by atoms with van der Waals surface area (Å²) in [6.07, 6.45) is 2.38.